The molecule has 0 amide bonds. The summed E-state index contributed by atoms with van der Waals surface area (Å²) < 4.78 is 48.2. The van der Waals surface area contributed by atoms with Crippen molar-refractivity contribution < 1.29 is 22.6 Å². The number of hydrogen-bond acceptors (Lipinski definition) is 4. The Bertz CT molecular complexity index is 676. The zero-order valence-electron chi connectivity index (χ0n) is 10.8. The number of nitriles is 1. The molecule has 0 bridgehead atoms. The first-order valence-electron chi connectivity index (χ1n) is 5.73. The summed E-state index contributed by atoms with van der Waals surface area (Å²) in [5.74, 6) is 0.593. The molecule has 1 heterocycles. The minimum Gasteiger partial charge on any atom is -0.497 e. The minimum atomic E-state index is -4.56. The van der Waals surface area contributed by atoms with Crippen LogP contribution in [0.15, 0.2) is 36.5 Å². The second-order valence-electron chi connectivity index (χ2n) is 3.96. The first-order valence-corrected chi connectivity index (χ1v) is 5.73. The number of hydrogen-bond donors (Lipinski definition) is 0. The van der Waals surface area contributed by atoms with E-state index in [0.717, 1.165) is 6.07 Å². The van der Waals surface area contributed by atoms with E-state index in [1.165, 1.54) is 19.2 Å². The first kappa shape index (κ1) is 14.7. The Hall–Kier alpha value is -2.75. The standard InChI is InChI=1S/C14H9F3N2O2/c1-20-10-2-4-11(5-3-10)21-13-6-9(14(15,16)17)8-19-12(13)7-18/h2-6,8H,1H3. The molecule has 1 aromatic heterocycles. The summed E-state index contributed by atoms with van der Waals surface area (Å²) in [4.78, 5) is 3.46. The van der Waals surface area contributed by atoms with Crippen LogP contribution in [0, 0.1) is 11.3 Å². The number of methoxy groups -OCH3 is 1. The van der Waals surface area contributed by atoms with Gasteiger partial charge in [-0.3, -0.25) is 0 Å². The van der Waals surface area contributed by atoms with Crippen LogP contribution in [0.3, 0.4) is 0 Å². The number of pyridine rings is 1. The van der Waals surface area contributed by atoms with Gasteiger partial charge in [0.1, 0.15) is 17.6 Å². The van der Waals surface area contributed by atoms with Crippen molar-refractivity contribution in [3.05, 3.63) is 47.8 Å². The molecule has 0 N–H and O–H groups in total. The highest BCUT2D eigenvalue weighted by Gasteiger charge is 2.32. The van der Waals surface area contributed by atoms with Crippen LogP contribution in [-0.2, 0) is 6.18 Å². The molecule has 1 aromatic carbocycles. The van der Waals surface area contributed by atoms with Gasteiger partial charge < -0.3 is 9.47 Å². The van der Waals surface area contributed by atoms with Gasteiger partial charge in [-0.05, 0) is 30.3 Å². The summed E-state index contributed by atoms with van der Waals surface area (Å²) in [5, 5.41) is 8.88. The van der Waals surface area contributed by atoms with Crippen LogP contribution < -0.4 is 9.47 Å². The summed E-state index contributed by atoms with van der Waals surface area (Å²) in [6, 6.07) is 8.63. The number of ether oxygens (including phenoxy) is 2. The molecule has 0 spiro atoms. The van der Waals surface area contributed by atoms with Gasteiger partial charge in [-0.25, -0.2) is 4.98 Å². The lowest BCUT2D eigenvalue weighted by molar-refractivity contribution is -0.137. The van der Waals surface area contributed by atoms with Crippen molar-refractivity contribution in [3.63, 3.8) is 0 Å². The van der Waals surface area contributed by atoms with Gasteiger partial charge in [-0.15, -0.1) is 0 Å². The Morgan fingerprint density at radius 2 is 1.76 bits per heavy atom. The Labute approximate surface area is 118 Å². The minimum absolute atomic E-state index is 0.223. The van der Waals surface area contributed by atoms with Gasteiger partial charge in [0.05, 0.1) is 12.7 Å². The Morgan fingerprint density at radius 1 is 1.14 bits per heavy atom. The van der Waals surface area contributed by atoms with Gasteiger partial charge in [-0.1, -0.05) is 0 Å². The molecule has 2 rings (SSSR count). The molecule has 0 saturated heterocycles. The van der Waals surface area contributed by atoms with Crippen LogP contribution in [0.1, 0.15) is 11.3 Å². The average Bonchev–Trinajstić information content (AvgIpc) is 2.47. The molecule has 2 aromatic rings. The normalized spacial score (nSPS) is 10.8. The molecule has 0 unspecified atom stereocenters. The zero-order chi connectivity index (χ0) is 15.5. The van der Waals surface area contributed by atoms with Gasteiger partial charge >= 0.3 is 6.18 Å². The van der Waals surface area contributed by atoms with Crippen LogP contribution in [0.4, 0.5) is 13.2 Å². The summed E-state index contributed by atoms with van der Waals surface area (Å²) in [7, 11) is 1.49. The number of benzene rings is 1. The maximum Gasteiger partial charge on any atom is 0.418 e. The van der Waals surface area contributed by atoms with Crippen LogP contribution in [0.25, 0.3) is 0 Å². The van der Waals surface area contributed by atoms with Gasteiger partial charge in [-0.2, -0.15) is 18.4 Å². The van der Waals surface area contributed by atoms with Crippen molar-refractivity contribution in [1.29, 1.82) is 5.26 Å². The fourth-order valence-corrected chi connectivity index (χ4v) is 1.53. The van der Waals surface area contributed by atoms with Crippen molar-refractivity contribution >= 4 is 0 Å². The van der Waals surface area contributed by atoms with E-state index in [-0.39, 0.29) is 17.2 Å². The molecule has 0 aliphatic heterocycles. The van der Waals surface area contributed by atoms with E-state index in [0.29, 0.717) is 11.9 Å². The lowest BCUT2D eigenvalue weighted by Gasteiger charge is -2.11. The highest BCUT2D eigenvalue weighted by Crippen LogP contribution is 2.33. The molecule has 21 heavy (non-hydrogen) atoms. The quantitative estimate of drug-likeness (QED) is 0.864. The summed E-state index contributed by atoms with van der Waals surface area (Å²) in [6.45, 7) is 0. The summed E-state index contributed by atoms with van der Waals surface area (Å²) in [6.07, 6.45) is -3.96. The highest BCUT2D eigenvalue weighted by atomic mass is 19.4. The third-order valence-electron chi connectivity index (χ3n) is 2.57. The number of halogens is 3. The smallest absolute Gasteiger partial charge is 0.418 e. The van der Waals surface area contributed by atoms with Gasteiger partial charge in [0.25, 0.3) is 0 Å². The van der Waals surface area contributed by atoms with E-state index >= 15 is 0 Å². The zero-order valence-corrected chi connectivity index (χ0v) is 10.8. The molecular formula is C14H9F3N2O2. The third-order valence-corrected chi connectivity index (χ3v) is 2.57. The maximum atomic E-state index is 12.6. The number of aromatic nitrogens is 1. The average molecular weight is 294 g/mol. The van der Waals surface area contributed by atoms with Crippen molar-refractivity contribution in [1.82, 2.24) is 4.98 Å². The topological polar surface area (TPSA) is 55.1 Å². The van der Waals surface area contributed by atoms with Gasteiger partial charge in [0.2, 0.25) is 0 Å². The third kappa shape index (κ3) is 3.42. The van der Waals surface area contributed by atoms with E-state index < -0.39 is 11.7 Å². The summed E-state index contributed by atoms with van der Waals surface area (Å²) >= 11 is 0. The molecule has 4 nitrogen and oxygen atoms in total. The fraction of sp³-hybridized carbons (Fsp3) is 0.143. The number of rotatable bonds is 3. The molecule has 0 radical (unpaired) electrons. The second-order valence-corrected chi connectivity index (χ2v) is 3.96. The molecule has 0 fully saturated rings. The van der Waals surface area contributed by atoms with E-state index in [1.807, 2.05) is 0 Å². The predicted molar refractivity (Wildman–Crippen MR) is 67.0 cm³/mol. The van der Waals surface area contributed by atoms with E-state index in [4.69, 9.17) is 14.7 Å². The van der Waals surface area contributed by atoms with Crippen LogP contribution >= 0.6 is 0 Å². The molecule has 0 aliphatic carbocycles. The van der Waals surface area contributed by atoms with Crippen LogP contribution in [0.5, 0.6) is 17.2 Å². The Morgan fingerprint density at radius 3 is 2.29 bits per heavy atom. The molecule has 108 valence electrons. The van der Waals surface area contributed by atoms with Gasteiger partial charge in [0, 0.05) is 6.20 Å². The molecular weight excluding hydrogens is 285 g/mol. The van der Waals surface area contributed by atoms with Gasteiger partial charge in [0.15, 0.2) is 11.4 Å². The monoisotopic (exact) mass is 294 g/mol. The maximum absolute atomic E-state index is 12.6. The lowest BCUT2D eigenvalue weighted by atomic mass is 10.2. The molecule has 0 atom stereocenters. The largest absolute Gasteiger partial charge is 0.497 e. The van der Waals surface area contributed by atoms with Crippen molar-refractivity contribution in [2.24, 2.45) is 0 Å². The lowest BCUT2D eigenvalue weighted by Crippen LogP contribution is -2.06. The molecule has 0 aliphatic rings. The summed E-state index contributed by atoms with van der Waals surface area (Å²) in [5.41, 5.74) is -1.20. The Balaban J connectivity index is 2.35. The van der Waals surface area contributed by atoms with E-state index in [1.54, 1.807) is 18.2 Å². The number of alkyl halides is 3. The van der Waals surface area contributed by atoms with Crippen LogP contribution in [-0.4, -0.2) is 12.1 Å². The predicted octanol–water partition coefficient (Wildman–Crippen LogP) is 3.77. The van der Waals surface area contributed by atoms with E-state index in [9.17, 15) is 13.2 Å². The second kappa shape index (κ2) is 5.71. The first-order chi connectivity index (χ1) is 9.94. The SMILES string of the molecule is COc1ccc(Oc2cc(C(F)(F)F)cnc2C#N)cc1. The number of nitrogens with zero attached hydrogens (tertiary/aromatic N) is 2. The highest BCUT2D eigenvalue weighted by molar-refractivity contribution is 5.43. The molecule has 0 saturated carbocycles. The molecule has 7 heteroatoms. The van der Waals surface area contributed by atoms with Crippen LogP contribution in [0.2, 0.25) is 0 Å². The van der Waals surface area contributed by atoms with Crippen molar-refractivity contribution in [3.8, 4) is 23.3 Å². The van der Waals surface area contributed by atoms with Crippen molar-refractivity contribution in [2.45, 2.75) is 6.18 Å². The van der Waals surface area contributed by atoms with Crippen molar-refractivity contribution in [2.75, 3.05) is 7.11 Å². The fourth-order valence-electron chi connectivity index (χ4n) is 1.53. The van der Waals surface area contributed by atoms with E-state index in [2.05, 4.69) is 4.98 Å². The Kier molecular flexibility index (Phi) is 3.98.